The number of ether oxygens (including phenoxy) is 3. The van der Waals surface area contributed by atoms with E-state index < -0.39 is 12.0 Å². The lowest BCUT2D eigenvalue weighted by molar-refractivity contribution is -0.143. The number of nitrogens with zero attached hydrogens (tertiary/aromatic N) is 2. The van der Waals surface area contributed by atoms with Gasteiger partial charge in [-0.05, 0) is 83.5 Å². The smallest absolute Gasteiger partial charge is 0.338 e. The zero-order valence-electron chi connectivity index (χ0n) is 22.3. The maximum Gasteiger partial charge on any atom is 0.338 e. The number of hydrogen-bond donors (Lipinski definition) is 0. The summed E-state index contributed by atoms with van der Waals surface area (Å²) in [7, 11) is 0. The summed E-state index contributed by atoms with van der Waals surface area (Å²) in [5.74, 6) is 0.895. The first-order valence-electron chi connectivity index (χ1n) is 12.5. The molecule has 1 aliphatic rings. The molecule has 0 bridgehead atoms. The molecule has 200 valence electrons. The van der Waals surface area contributed by atoms with E-state index in [2.05, 4.69) is 20.9 Å². The summed E-state index contributed by atoms with van der Waals surface area (Å²) in [6.45, 7) is 11.7. The van der Waals surface area contributed by atoms with E-state index in [9.17, 15) is 9.59 Å². The zero-order chi connectivity index (χ0) is 27.6. The van der Waals surface area contributed by atoms with Gasteiger partial charge in [0.2, 0.25) is 0 Å². The van der Waals surface area contributed by atoms with Crippen LogP contribution in [0.4, 0.5) is 0 Å². The van der Waals surface area contributed by atoms with Crippen molar-refractivity contribution in [1.82, 2.24) is 4.57 Å². The lowest BCUT2D eigenvalue weighted by atomic mass is 9.96. The molecule has 0 fully saturated rings. The fourth-order valence-corrected chi connectivity index (χ4v) is 5.64. The molecule has 4 rings (SSSR count). The largest absolute Gasteiger partial charge is 0.494 e. The van der Waals surface area contributed by atoms with Gasteiger partial charge in [0.05, 0.1) is 40.7 Å². The Morgan fingerprint density at radius 1 is 1.13 bits per heavy atom. The van der Waals surface area contributed by atoms with Crippen molar-refractivity contribution in [2.75, 3.05) is 6.61 Å². The van der Waals surface area contributed by atoms with Gasteiger partial charge in [-0.25, -0.2) is 9.79 Å². The monoisotopic (exact) mass is 598 g/mol. The zero-order valence-corrected chi connectivity index (χ0v) is 24.7. The maximum atomic E-state index is 13.9. The van der Waals surface area contributed by atoms with E-state index in [4.69, 9.17) is 14.2 Å². The minimum Gasteiger partial charge on any atom is -0.494 e. The van der Waals surface area contributed by atoms with Gasteiger partial charge in [-0.15, -0.1) is 0 Å². The van der Waals surface area contributed by atoms with Gasteiger partial charge in [-0.1, -0.05) is 39.4 Å². The van der Waals surface area contributed by atoms with Gasteiger partial charge in [-0.3, -0.25) is 9.36 Å². The second-order valence-electron chi connectivity index (χ2n) is 9.39. The molecular weight excluding hydrogens is 568 g/mol. The molecule has 0 saturated heterocycles. The first kappa shape index (κ1) is 27.9. The van der Waals surface area contributed by atoms with Crippen molar-refractivity contribution in [3.63, 3.8) is 0 Å². The van der Waals surface area contributed by atoms with Crippen LogP contribution in [0, 0.1) is 0 Å². The van der Waals surface area contributed by atoms with Gasteiger partial charge < -0.3 is 14.2 Å². The Morgan fingerprint density at radius 2 is 1.84 bits per heavy atom. The van der Waals surface area contributed by atoms with E-state index in [1.165, 1.54) is 11.3 Å². The van der Waals surface area contributed by atoms with Crippen LogP contribution in [-0.2, 0) is 9.53 Å². The number of carbonyl (C=O) groups excluding carboxylic acids is 1. The van der Waals surface area contributed by atoms with Crippen LogP contribution in [-0.4, -0.2) is 29.4 Å². The molecule has 1 atom stereocenters. The molecule has 0 unspecified atom stereocenters. The van der Waals surface area contributed by atoms with Crippen molar-refractivity contribution >= 4 is 39.3 Å². The molecule has 1 aliphatic heterocycles. The molecule has 0 amide bonds. The number of rotatable bonds is 8. The van der Waals surface area contributed by atoms with Gasteiger partial charge in [0.25, 0.3) is 5.56 Å². The molecular formula is C29H31BrN2O5S. The average molecular weight is 600 g/mol. The average Bonchev–Trinajstić information content (AvgIpc) is 3.14. The van der Waals surface area contributed by atoms with Gasteiger partial charge in [-0.2, -0.15) is 0 Å². The van der Waals surface area contributed by atoms with E-state index in [1.54, 1.807) is 25.3 Å². The van der Waals surface area contributed by atoms with Crippen molar-refractivity contribution in [3.05, 3.63) is 89.0 Å². The number of allylic oxidation sites excluding steroid dienone is 1. The number of halogens is 1. The predicted molar refractivity (Wildman–Crippen MR) is 153 cm³/mol. The number of fused-ring (bicyclic) bond motifs is 1. The maximum absolute atomic E-state index is 13.9. The van der Waals surface area contributed by atoms with Crippen LogP contribution in [0.1, 0.15) is 58.7 Å². The molecule has 0 radical (unpaired) electrons. The second kappa shape index (κ2) is 11.7. The highest BCUT2D eigenvalue weighted by Gasteiger charge is 2.33. The van der Waals surface area contributed by atoms with Crippen molar-refractivity contribution in [2.45, 2.75) is 59.8 Å². The van der Waals surface area contributed by atoms with Gasteiger partial charge in [0.15, 0.2) is 4.80 Å². The minimum atomic E-state index is -0.691. The van der Waals surface area contributed by atoms with E-state index in [0.717, 1.165) is 15.6 Å². The van der Waals surface area contributed by atoms with Crippen LogP contribution in [0.2, 0.25) is 0 Å². The van der Waals surface area contributed by atoms with Crippen molar-refractivity contribution in [2.24, 2.45) is 4.99 Å². The van der Waals surface area contributed by atoms with Gasteiger partial charge in [0, 0.05) is 10.0 Å². The lowest BCUT2D eigenvalue weighted by Crippen LogP contribution is -2.40. The molecule has 0 N–H and O–H groups in total. The lowest BCUT2D eigenvalue weighted by Gasteiger charge is -2.25. The standard InChI is InChI=1S/C29H31BrN2O5S/c1-7-35-22-11-8-19(9-12-22)26-25(28(34)37-17(4)5)18(6)31-29-32(26)27(33)24(38-29)15-20-14-21(30)10-13-23(20)36-16(2)3/h8-17,26H,7H2,1-6H3/b24-15-/t26-/m1/s1. The number of carbonyl (C=O) groups is 1. The molecule has 0 aliphatic carbocycles. The number of benzene rings is 2. The Morgan fingerprint density at radius 3 is 2.47 bits per heavy atom. The third-order valence-corrected chi connectivity index (χ3v) is 7.19. The van der Waals surface area contributed by atoms with E-state index in [-0.39, 0.29) is 17.8 Å². The molecule has 0 saturated carbocycles. The summed E-state index contributed by atoms with van der Waals surface area (Å²) in [5.41, 5.74) is 2.15. The summed E-state index contributed by atoms with van der Waals surface area (Å²) < 4.78 is 20.1. The Kier molecular flexibility index (Phi) is 8.57. The Bertz CT molecular complexity index is 1550. The number of thiazole rings is 1. The molecule has 38 heavy (non-hydrogen) atoms. The van der Waals surface area contributed by atoms with Crippen LogP contribution >= 0.6 is 27.3 Å². The van der Waals surface area contributed by atoms with E-state index in [0.29, 0.717) is 38.7 Å². The van der Waals surface area contributed by atoms with Crippen LogP contribution in [0.3, 0.4) is 0 Å². The Hall–Kier alpha value is -3.17. The summed E-state index contributed by atoms with van der Waals surface area (Å²) in [6, 6.07) is 12.4. The van der Waals surface area contributed by atoms with Crippen molar-refractivity contribution in [1.29, 1.82) is 0 Å². The van der Waals surface area contributed by atoms with Gasteiger partial charge >= 0.3 is 5.97 Å². The SMILES string of the molecule is CCOc1ccc([C@@H]2C(C(=O)OC(C)C)=C(C)N=c3s/c(=C\c4cc(Br)ccc4OC(C)C)c(=O)n32)cc1. The molecule has 7 nitrogen and oxygen atoms in total. The third-order valence-electron chi connectivity index (χ3n) is 5.71. The highest BCUT2D eigenvalue weighted by molar-refractivity contribution is 9.10. The summed E-state index contributed by atoms with van der Waals surface area (Å²) in [4.78, 5) is 32.4. The fourth-order valence-electron chi connectivity index (χ4n) is 4.22. The predicted octanol–water partition coefficient (Wildman–Crippen LogP) is 5.14. The number of hydrogen-bond acceptors (Lipinski definition) is 7. The van der Waals surface area contributed by atoms with Crippen LogP contribution in [0.5, 0.6) is 11.5 Å². The molecule has 1 aromatic heterocycles. The highest BCUT2D eigenvalue weighted by Crippen LogP contribution is 2.32. The third kappa shape index (κ3) is 5.94. The summed E-state index contributed by atoms with van der Waals surface area (Å²) in [6.07, 6.45) is 1.47. The topological polar surface area (TPSA) is 79.1 Å². The quantitative estimate of drug-likeness (QED) is 0.336. The van der Waals surface area contributed by atoms with Gasteiger partial charge in [0.1, 0.15) is 11.5 Å². The highest BCUT2D eigenvalue weighted by atomic mass is 79.9. The molecule has 9 heteroatoms. The molecule has 2 aromatic carbocycles. The van der Waals surface area contributed by atoms with E-state index in [1.807, 2.05) is 69.3 Å². The van der Waals surface area contributed by atoms with Crippen molar-refractivity contribution in [3.8, 4) is 11.5 Å². The Labute approximate surface area is 234 Å². The molecule has 2 heterocycles. The number of esters is 1. The van der Waals surface area contributed by atoms with E-state index >= 15 is 0 Å². The van der Waals surface area contributed by atoms with Crippen LogP contribution < -0.4 is 24.4 Å². The second-order valence-corrected chi connectivity index (χ2v) is 11.3. The van der Waals surface area contributed by atoms with Crippen molar-refractivity contribution < 1.29 is 19.0 Å². The fraction of sp³-hybridized carbons (Fsp3) is 0.345. The summed E-state index contributed by atoms with van der Waals surface area (Å²) in [5, 5.41) is 0. The first-order valence-corrected chi connectivity index (χ1v) is 14.1. The molecule has 0 spiro atoms. The Balaban J connectivity index is 1.92. The first-order chi connectivity index (χ1) is 18.1. The van der Waals surface area contributed by atoms with Crippen LogP contribution in [0.25, 0.3) is 6.08 Å². The molecule has 3 aromatic rings. The summed E-state index contributed by atoms with van der Waals surface area (Å²) >= 11 is 4.80. The normalized spacial score (nSPS) is 15.5. The minimum absolute atomic E-state index is 0.0265. The van der Waals surface area contributed by atoms with Crippen LogP contribution in [0.15, 0.2) is 68.0 Å². The number of aromatic nitrogens is 1.